The number of carbonyl (C=O) groups is 1. The van der Waals surface area contributed by atoms with E-state index in [0.29, 0.717) is 36.8 Å². The number of carbonyl (C=O) groups excluding carboxylic acids is 1. The topological polar surface area (TPSA) is 47.9 Å². The van der Waals surface area contributed by atoms with Crippen molar-refractivity contribution in [2.45, 2.75) is 31.6 Å². The molecule has 1 unspecified atom stereocenters. The second kappa shape index (κ2) is 11.1. The monoisotopic (exact) mass is 554 g/mol. The van der Waals surface area contributed by atoms with Crippen molar-refractivity contribution in [3.63, 3.8) is 0 Å². The number of halogens is 3. The van der Waals surface area contributed by atoms with E-state index < -0.39 is 11.6 Å². The Bertz CT molecular complexity index is 984. The second-order valence-corrected chi connectivity index (χ2v) is 8.10. The predicted octanol–water partition coefficient (Wildman–Crippen LogP) is 4.32. The van der Waals surface area contributed by atoms with Gasteiger partial charge in [0.1, 0.15) is 11.6 Å². The SMILES string of the molecule is CN=C(NCCc1cc(F)ccc1F)N1CC(CCN2CCCC2=O)c2ccccc21.I. The van der Waals surface area contributed by atoms with Gasteiger partial charge in [-0.25, -0.2) is 8.78 Å². The number of guanidine groups is 1. The van der Waals surface area contributed by atoms with Gasteiger partial charge in [0.25, 0.3) is 0 Å². The van der Waals surface area contributed by atoms with Crippen molar-refractivity contribution in [1.82, 2.24) is 10.2 Å². The lowest BCUT2D eigenvalue weighted by Gasteiger charge is -2.23. The minimum atomic E-state index is -0.437. The van der Waals surface area contributed by atoms with Crippen LogP contribution in [0.4, 0.5) is 14.5 Å². The van der Waals surface area contributed by atoms with E-state index >= 15 is 0 Å². The first-order valence-electron chi connectivity index (χ1n) is 10.9. The van der Waals surface area contributed by atoms with Crippen molar-refractivity contribution in [2.75, 3.05) is 38.1 Å². The van der Waals surface area contributed by atoms with Gasteiger partial charge in [-0.2, -0.15) is 0 Å². The number of nitrogens with one attached hydrogen (secondary N) is 1. The first kappa shape index (κ1) is 24.4. The number of anilines is 1. The molecule has 4 rings (SSSR count). The fourth-order valence-corrected chi connectivity index (χ4v) is 4.53. The van der Waals surface area contributed by atoms with E-state index in [1.165, 1.54) is 11.6 Å². The Balaban J connectivity index is 0.00000289. The third kappa shape index (κ3) is 5.39. The minimum absolute atomic E-state index is 0. The Morgan fingerprint density at radius 2 is 2.03 bits per heavy atom. The molecule has 0 saturated carbocycles. The maximum absolute atomic E-state index is 13.9. The summed E-state index contributed by atoms with van der Waals surface area (Å²) in [7, 11) is 1.73. The highest BCUT2D eigenvalue weighted by molar-refractivity contribution is 14.0. The summed E-state index contributed by atoms with van der Waals surface area (Å²) in [5.74, 6) is 0.438. The van der Waals surface area contributed by atoms with Crippen LogP contribution in [0, 0.1) is 11.6 Å². The van der Waals surface area contributed by atoms with Crippen LogP contribution in [0.2, 0.25) is 0 Å². The molecule has 2 heterocycles. The number of hydrogen-bond donors (Lipinski definition) is 1. The van der Waals surface area contributed by atoms with Crippen molar-refractivity contribution in [3.05, 3.63) is 65.2 Å². The number of aliphatic imine (C=N–C) groups is 1. The Hall–Kier alpha value is -2.23. The average molecular weight is 554 g/mol. The van der Waals surface area contributed by atoms with Crippen LogP contribution in [0.25, 0.3) is 0 Å². The number of rotatable bonds is 6. The summed E-state index contributed by atoms with van der Waals surface area (Å²) in [6.07, 6.45) is 2.88. The molecule has 1 N–H and O–H groups in total. The normalized spacial score (nSPS) is 18.0. The van der Waals surface area contributed by atoms with Crippen molar-refractivity contribution in [2.24, 2.45) is 4.99 Å². The van der Waals surface area contributed by atoms with Gasteiger partial charge in [0.05, 0.1) is 0 Å². The van der Waals surface area contributed by atoms with E-state index in [2.05, 4.69) is 27.3 Å². The summed E-state index contributed by atoms with van der Waals surface area (Å²) in [6, 6.07) is 11.8. The molecule has 1 amide bonds. The van der Waals surface area contributed by atoms with Crippen molar-refractivity contribution in [3.8, 4) is 0 Å². The van der Waals surface area contributed by atoms with E-state index in [0.717, 1.165) is 50.3 Å². The number of benzene rings is 2. The molecule has 172 valence electrons. The van der Waals surface area contributed by atoms with Crippen LogP contribution in [0.15, 0.2) is 47.5 Å². The van der Waals surface area contributed by atoms with Gasteiger partial charge in [0.15, 0.2) is 5.96 Å². The first-order chi connectivity index (χ1) is 15.1. The zero-order valence-corrected chi connectivity index (χ0v) is 20.5. The number of amides is 1. The lowest BCUT2D eigenvalue weighted by molar-refractivity contribution is -0.127. The van der Waals surface area contributed by atoms with Crippen molar-refractivity contribution >= 4 is 41.5 Å². The number of nitrogens with zero attached hydrogens (tertiary/aromatic N) is 3. The van der Waals surface area contributed by atoms with Gasteiger partial charge in [0, 0.05) is 51.3 Å². The highest BCUT2D eigenvalue weighted by Gasteiger charge is 2.32. The van der Waals surface area contributed by atoms with E-state index in [4.69, 9.17) is 0 Å². The Kier molecular flexibility index (Phi) is 8.44. The molecule has 2 aromatic rings. The molecule has 32 heavy (non-hydrogen) atoms. The molecule has 2 aromatic carbocycles. The van der Waals surface area contributed by atoms with E-state index in [9.17, 15) is 13.6 Å². The summed E-state index contributed by atoms with van der Waals surface area (Å²) in [6.45, 7) is 2.85. The molecule has 0 bridgehead atoms. The van der Waals surface area contributed by atoms with Gasteiger partial charge in [-0.05, 0) is 54.7 Å². The van der Waals surface area contributed by atoms with E-state index in [1.54, 1.807) is 7.05 Å². The molecule has 0 aromatic heterocycles. The lowest BCUT2D eigenvalue weighted by Crippen LogP contribution is -2.42. The summed E-state index contributed by atoms with van der Waals surface area (Å²) in [4.78, 5) is 20.5. The molecule has 2 aliphatic rings. The van der Waals surface area contributed by atoms with E-state index in [1.807, 2.05) is 17.0 Å². The lowest BCUT2D eigenvalue weighted by atomic mass is 9.98. The first-order valence-corrected chi connectivity index (χ1v) is 10.9. The highest BCUT2D eigenvalue weighted by Crippen LogP contribution is 2.38. The quantitative estimate of drug-likeness (QED) is 0.329. The van der Waals surface area contributed by atoms with Crippen LogP contribution < -0.4 is 10.2 Å². The predicted molar refractivity (Wildman–Crippen MR) is 134 cm³/mol. The Morgan fingerprint density at radius 3 is 2.78 bits per heavy atom. The third-order valence-electron chi connectivity index (χ3n) is 6.14. The van der Waals surface area contributed by atoms with Crippen LogP contribution in [0.5, 0.6) is 0 Å². The number of hydrogen-bond acceptors (Lipinski definition) is 2. The summed E-state index contributed by atoms with van der Waals surface area (Å²) >= 11 is 0. The molecule has 8 heteroatoms. The maximum Gasteiger partial charge on any atom is 0.222 e. The maximum atomic E-state index is 13.9. The molecule has 0 spiro atoms. The third-order valence-corrected chi connectivity index (χ3v) is 6.14. The summed E-state index contributed by atoms with van der Waals surface area (Å²) < 4.78 is 27.3. The minimum Gasteiger partial charge on any atom is -0.356 e. The largest absolute Gasteiger partial charge is 0.356 e. The molecule has 1 fully saturated rings. The van der Waals surface area contributed by atoms with Gasteiger partial charge in [-0.1, -0.05) is 18.2 Å². The molecular formula is C24H29F2IN4O. The molecule has 1 saturated heterocycles. The number of fused-ring (bicyclic) bond motifs is 1. The van der Waals surface area contributed by atoms with Crippen molar-refractivity contribution < 1.29 is 13.6 Å². The van der Waals surface area contributed by atoms with Crippen LogP contribution in [0.3, 0.4) is 0 Å². The van der Waals surface area contributed by atoms with Crippen LogP contribution in [-0.4, -0.2) is 50.0 Å². The number of likely N-dealkylation sites (tertiary alicyclic amines) is 1. The molecule has 2 aliphatic heterocycles. The standard InChI is InChI=1S/C24H28F2N4O.HI/c1-27-24(28-12-10-17-15-19(25)8-9-21(17)26)30-16-18(20-5-2-3-6-22(20)30)11-14-29-13-4-7-23(29)31;/h2-3,5-6,8-9,15,18H,4,7,10-14,16H2,1H3,(H,27,28);1H. The zero-order chi connectivity index (χ0) is 21.8. The highest BCUT2D eigenvalue weighted by atomic mass is 127. The summed E-state index contributed by atoms with van der Waals surface area (Å²) in [5.41, 5.74) is 2.71. The smallest absolute Gasteiger partial charge is 0.222 e. The fraction of sp³-hybridized carbons (Fsp3) is 0.417. The molecular weight excluding hydrogens is 525 g/mol. The Labute approximate surface area is 204 Å². The van der Waals surface area contributed by atoms with E-state index in [-0.39, 0.29) is 29.9 Å². The van der Waals surface area contributed by atoms with Gasteiger partial charge in [-0.3, -0.25) is 9.79 Å². The van der Waals surface area contributed by atoms with Gasteiger partial charge >= 0.3 is 0 Å². The molecule has 5 nitrogen and oxygen atoms in total. The van der Waals surface area contributed by atoms with Crippen LogP contribution in [0.1, 0.15) is 36.3 Å². The molecule has 1 atom stereocenters. The fourth-order valence-electron chi connectivity index (χ4n) is 4.53. The van der Waals surface area contributed by atoms with Gasteiger partial charge < -0.3 is 15.1 Å². The average Bonchev–Trinajstić information content (AvgIpc) is 3.35. The van der Waals surface area contributed by atoms with Crippen LogP contribution in [-0.2, 0) is 11.2 Å². The summed E-state index contributed by atoms with van der Waals surface area (Å²) in [5, 5.41) is 3.29. The Morgan fingerprint density at radius 1 is 1.22 bits per heavy atom. The number of para-hydroxylation sites is 1. The second-order valence-electron chi connectivity index (χ2n) is 8.10. The zero-order valence-electron chi connectivity index (χ0n) is 18.2. The van der Waals surface area contributed by atoms with Gasteiger partial charge in [0.2, 0.25) is 5.91 Å². The molecule has 0 radical (unpaired) electrons. The van der Waals surface area contributed by atoms with Gasteiger partial charge in [-0.15, -0.1) is 24.0 Å². The van der Waals surface area contributed by atoms with Crippen molar-refractivity contribution in [1.29, 1.82) is 0 Å². The molecule has 0 aliphatic carbocycles. The van der Waals surface area contributed by atoms with Crippen LogP contribution >= 0.6 is 24.0 Å².